The number of anilines is 1. The number of para-hydroxylation sites is 1. The minimum Gasteiger partial charge on any atom is -0.457 e. The van der Waals surface area contributed by atoms with Gasteiger partial charge in [-0.15, -0.1) is 0 Å². The van der Waals surface area contributed by atoms with E-state index in [1.165, 1.54) is 0 Å². The lowest BCUT2D eigenvalue weighted by Crippen LogP contribution is -2.11. The number of hydrogen-bond donors (Lipinski definition) is 2. The van der Waals surface area contributed by atoms with E-state index in [0.717, 1.165) is 22.3 Å². The van der Waals surface area contributed by atoms with E-state index in [1.54, 1.807) is 12.1 Å². The third-order valence-corrected chi connectivity index (χ3v) is 3.89. The number of hydrogen-bond acceptors (Lipinski definition) is 2. The number of carbonyl (C=O) groups is 1. The van der Waals surface area contributed by atoms with E-state index in [4.69, 9.17) is 4.74 Å². The molecule has 4 nitrogen and oxygen atoms in total. The van der Waals surface area contributed by atoms with Crippen LogP contribution in [0.25, 0.3) is 10.9 Å². The van der Waals surface area contributed by atoms with Gasteiger partial charge in [0.05, 0.1) is 0 Å². The zero-order valence-corrected chi connectivity index (χ0v) is 13.4. The number of H-pyrrole nitrogens is 1. The SMILES string of the molecule is O=C(Nc1ccccc1)c1cccc(Oc2ccc3[nH]ccc3c2)c1. The van der Waals surface area contributed by atoms with Crippen LogP contribution in [0.3, 0.4) is 0 Å². The lowest BCUT2D eigenvalue weighted by Gasteiger charge is -2.09. The van der Waals surface area contributed by atoms with Crippen molar-refractivity contribution in [3.63, 3.8) is 0 Å². The fourth-order valence-electron chi connectivity index (χ4n) is 2.66. The summed E-state index contributed by atoms with van der Waals surface area (Å²) < 4.78 is 5.90. The molecule has 2 N–H and O–H groups in total. The van der Waals surface area contributed by atoms with Gasteiger partial charge in [-0.1, -0.05) is 24.3 Å². The summed E-state index contributed by atoms with van der Waals surface area (Å²) >= 11 is 0. The van der Waals surface area contributed by atoms with Gasteiger partial charge in [0, 0.05) is 28.4 Å². The molecule has 0 aliphatic carbocycles. The van der Waals surface area contributed by atoms with Crippen molar-refractivity contribution in [2.45, 2.75) is 0 Å². The predicted octanol–water partition coefficient (Wildman–Crippen LogP) is 5.21. The zero-order chi connectivity index (χ0) is 17.1. The van der Waals surface area contributed by atoms with Gasteiger partial charge in [-0.25, -0.2) is 0 Å². The summed E-state index contributed by atoms with van der Waals surface area (Å²) in [7, 11) is 0. The van der Waals surface area contributed by atoms with E-state index >= 15 is 0 Å². The Morgan fingerprint density at radius 3 is 2.56 bits per heavy atom. The van der Waals surface area contributed by atoms with Crippen molar-refractivity contribution in [2.24, 2.45) is 0 Å². The zero-order valence-electron chi connectivity index (χ0n) is 13.4. The average molecular weight is 328 g/mol. The van der Waals surface area contributed by atoms with E-state index in [-0.39, 0.29) is 5.91 Å². The first kappa shape index (κ1) is 15.0. The van der Waals surface area contributed by atoms with Gasteiger partial charge in [-0.05, 0) is 54.6 Å². The molecule has 0 unspecified atom stereocenters. The van der Waals surface area contributed by atoms with Crippen molar-refractivity contribution in [1.29, 1.82) is 0 Å². The lowest BCUT2D eigenvalue weighted by molar-refractivity contribution is 0.102. The highest BCUT2D eigenvalue weighted by atomic mass is 16.5. The molecule has 1 aromatic heterocycles. The van der Waals surface area contributed by atoms with Crippen LogP contribution in [0, 0.1) is 0 Å². The molecular weight excluding hydrogens is 312 g/mol. The van der Waals surface area contributed by atoms with Crippen LogP contribution in [0.5, 0.6) is 11.5 Å². The number of nitrogens with one attached hydrogen (secondary N) is 2. The summed E-state index contributed by atoms with van der Waals surface area (Å²) in [5, 5.41) is 3.95. The van der Waals surface area contributed by atoms with Gasteiger partial charge in [0.25, 0.3) is 5.91 Å². The second-order valence-corrected chi connectivity index (χ2v) is 5.68. The van der Waals surface area contributed by atoms with Gasteiger partial charge in [0.2, 0.25) is 0 Å². The van der Waals surface area contributed by atoms with Crippen LogP contribution in [0.15, 0.2) is 85.1 Å². The van der Waals surface area contributed by atoms with Crippen molar-refractivity contribution in [1.82, 2.24) is 4.98 Å². The van der Waals surface area contributed by atoms with Crippen molar-refractivity contribution >= 4 is 22.5 Å². The van der Waals surface area contributed by atoms with Gasteiger partial charge < -0.3 is 15.0 Å². The molecule has 1 amide bonds. The van der Waals surface area contributed by atoms with Crippen molar-refractivity contribution in [3.8, 4) is 11.5 Å². The molecule has 4 aromatic rings. The van der Waals surface area contributed by atoms with Crippen LogP contribution in [-0.2, 0) is 0 Å². The maximum absolute atomic E-state index is 12.4. The largest absolute Gasteiger partial charge is 0.457 e. The third kappa shape index (κ3) is 3.38. The second kappa shape index (κ2) is 6.53. The summed E-state index contributed by atoms with van der Waals surface area (Å²) in [5.41, 5.74) is 2.36. The quantitative estimate of drug-likeness (QED) is 0.540. The van der Waals surface area contributed by atoms with Gasteiger partial charge in [-0.2, -0.15) is 0 Å². The van der Waals surface area contributed by atoms with Gasteiger partial charge in [0.1, 0.15) is 11.5 Å². The lowest BCUT2D eigenvalue weighted by atomic mass is 10.2. The number of carbonyl (C=O) groups excluding carboxylic acids is 1. The highest BCUT2D eigenvalue weighted by Crippen LogP contribution is 2.26. The molecule has 0 saturated carbocycles. The molecule has 0 fully saturated rings. The monoisotopic (exact) mass is 328 g/mol. The molecule has 0 aliphatic rings. The summed E-state index contributed by atoms with van der Waals surface area (Å²) in [4.78, 5) is 15.5. The highest BCUT2D eigenvalue weighted by Gasteiger charge is 2.08. The maximum Gasteiger partial charge on any atom is 0.255 e. The molecule has 1 heterocycles. The fourth-order valence-corrected chi connectivity index (χ4v) is 2.66. The average Bonchev–Trinajstić information content (AvgIpc) is 3.10. The van der Waals surface area contributed by atoms with Crippen LogP contribution < -0.4 is 10.1 Å². The Morgan fingerprint density at radius 2 is 1.68 bits per heavy atom. The molecule has 4 heteroatoms. The molecule has 0 spiro atoms. The van der Waals surface area contributed by atoms with Crippen LogP contribution in [0.2, 0.25) is 0 Å². The molecule has 0 bridgehead atoms. The Hall–Kier alpha value is -3.53. The first-order chi connectivity index (χ1) is 12.3. The molecule has 0 atom stereocenters. The number of aromatic nitrogens is 1. The third-order valence-electron chi connectivity index (χ3n) is 3.89. The van der Waals surface area contributed by atoms with Crippen LogP contribution in [0.1, 0.15) is 10.4 Å². The summed E-state index contributed by atoms with van der Waals surface area (Å²) in [6, 6.07) is 24.3. The molecule has 0 aliphatic heterocycles. The van der Waals surface area contributed by atoms with E-state index in [2.05, 4.69) is 10.3 Å². The Morgan fingerprint density at radius 1 is 0.840 bits per heavy atom. The fraction of sp³-hybridized carbons (Fsp3) is 0. The summed E-state index contributed by atoms with van der Waals surface area (Å²) in [6.07, 6.45) is 1.89. The summed E-state index contributed by atoms with van der Waals surface area (Å²) in [5.74, 6) is 1.18. The smallest absolute Gasteiger partial charge is 0.255 e. The first-order valence-corrected chi connectivity index (χ1v) is 7.99. The highest BCUT2D eigenvalue weighted by molar-refractivity contribution is 6.04. The van der Waals surface area contributed by atoms with Gasteiger partial charge >= 0.3 is 0 Å². The molecule has 0 radical (unpaired) electrons. The Bertz CT molecular complexity index is 1020. The van der Waals surface area contributed by atoms with Crippen LogP contribution >= 0.6 is 0 Å². The van der Waals surface area contributed by atoms with Crippen LogP contribution in [0.4, 0.5) is 5.69 Å². The first-order valence-electron chi connectivity index (χ1n) is 7.99. The number of aromatic amines is 1. The molecule has 25 heavy (non-hydrogen) atoms. The number of fused-ring (bicyclic) bond motifs is 1. The van der Waals surface area contributed by atoms with E-state index in [1.807, 2.05) is 72.9 Å². The van der Waals surface area contributed by atoms with Crippen molar-refractivity contribution < 1.29 is 9.53 Å². The molecular formula is C21H16N2O2. The molecule has 4 rings (SSSR count). The Balaban J connectivity index is 1.53. The maximum atomic E-state index is 12.4. The second-order valence-electron chi connectivity index (χ2n) is 5.68. The number of rotatable bonds is 4. The van der Waals surface area contributed by atoms with E-state index < -0.39 is 0 Å². The topological polar surface area (TPSA) is 54.1 Å². The number of benzene rings is 3. The van der Waals surface area contributed by atoms with Gasteiger partial charge in [0.15, 0.2) is 0 Å². The minimum atomic E-state index is -0.169. The van der Waals surface area contributed by atoms with Crippen molar-refractivity contribution in [2.75, 3.05) is 5.32 Å². The minimum absolute atomic E-state index is 0.169. The molecule has 3 aromatic carbocycles. The normalized spacial score (nSPS) is 10.6. The van der Waals surface area contributed by atoms with Gasteiger partial charge in [-0.3, -0.25) is 4.79 Å². The Labute approximate surface area is 145 Å². The van der Waals surface area contributed by atoms with Crippen LogP contribution in [-0.4, -0.2) is 10.9 Å². The van der Waals surface area contributed by atoms with E-state index in [9.17, 15) is 4.79 Å². The van der Waals surface area contributed by atoms with E-state index in [0.29, 0.717) is 11.3 Å². The predicted molar refractivity (Wildman–Crippen MR) is 99.2 cm³/mol. The standard InChI is InChI=1S/C21H16N2O2/c24-21(23-17-6-2-1-3-7-17)16-5-4-8-18(14-16)25-19-9-10-20-15(13-19)11-12-22-20/h1-14,22H,(H,23,24). The number of amides is 1. The molecule has 122 valence electrons. The summed E-state index contributed by atoms with van der Waals surface area (Å²) in [6.45, 7) is 0. The Kier molecular flexibility index (Phi) is 3.92. The molecule has 0 saturated heterocycles. The number of ether oxygens (including phenoxy) is 1. The van der Waals surface area contributed by atoms with Crippen molar-refractivity contribution in [3.05, 3.63) is 90.6 Å².